The highest BCUT2D eigenvalue weighted by molar-refractivity contribution is 7.84. The first-order chi connectivity index (χ1) is 8.45. The summed E-state index contributed by atoms with van der Waals surface area (Å²) in [5.41, 5.74) is 1.72. The van der Waals surface area contributed by atoms with E-state index in [0.29, 0.717) is 11.3 Å². The number of hydrogen-bond acceptors (Lipinski definition) is 1. The molecule has 0 nitrogen and oxygen atoms in total. The lowest BCUT2D eigenvalue weighted by molar-refractivity contribution is 0.159. The van der Waals surface area contributed by atoms with Gasteiger partial charge in [-0.05, 0) is 42.1 Å². The van der Waals surface area contributed by atoms with Crippen LogP contribution in [0.5, 0.6) is 0 Å². The molecule has 0 aromatic rings. The summed E-state index contributed by atoms with van der Waals surface area (Å²) in [6, 6.07) is 0. The summed E-state index contributed by atoms with van der Waals surface area (Å²) < 4.78 is 0. The van der Waals surface area contributed by atoms with Crippen LogP contribution in [0.2, 0.25) is 0 Å². The van der Waals surface area contributed by atoms with Crippen LogP contribution in [0.3, 0.4) is 0 Å². The molecule has 2 rings (SSSR count). The zero-order chi connectivity index (χ0) is 13.9. The highest BCUT2D eigenvalue weighted by Gasteiger charge is 2.42. The minimum Gasteiger partial charge on any atom is -0.143 e. The molecule has 0 amide bonds. The monoisotopic (exact) mass is 266 g/mol. The molecule has 18 heavy (non-hydrogen) atoms. The molecule has 0 N–H and O–H groups in total. The number of fused-ring (bicyclic) bond motifs is 1. The molecule has 0 radical (unpaired) electrons. The van der Waals surface area contributed by atoms with E-state index >= 15 is 0 Å². The number of rotatable bonds is 0. The van der Waals surface area contributed by atoms with E-state index in [9.17, 15) is 0 Å². The van der Waals surface area contributed by atoms with Crippen molar-refractivity contribution in [1.82, 2.24) is 0 Å². The first kappa shape index (κ1) is 15.9. The van der Waals surface area contributed by atoms with Crippen molar-refractivity contribution in [2.45, 2.75) is 60.8 Å². The molecular weight excluding hydrogens is 236 g/mol. The van der Waals surface area contributed by atoms with Gasteiger partial charge in [0.1, 0.15) is 0 Å². The summed E-state index contributed by atoms with van der Waals surface area (Å²) in [5.74, 6) is 2.31. The number of allylic oxidation sites excluding steroid dienone is 3. The highest BCUT2D eigenvalue weighted by Crippen LogP contribution is 2.51. The van der Waals surface area contributed by atoms with Crippen molar-refractivity contribution in [3.8, 4) is 0 Å². The summed E-state index contributed by atoms with van der Waals surface area (Å²) in [7, 11) is 0. The summed E-state index contributed by atoms with van der Waals surface area (Å²) in [6.07, 6.45) is 8.99. The third kappa shape index (κ3) is 2.87. The van der Waals surface area contributed by atoms with E-state index in [2.05, 4.69) is 52.5 Å². The van der Waals surface area contributed by atoms with Gasteiger partial charge in [0.2, 0.25) is 0 Å². The minimum absolute atomic E-state index is 0.353. The SMILES string of the molecule is CC.CC1=CC2(C)C(C=C1S)CCCC(C)C2C. The summed E-state index contributed by atoms with van der Waals surface area (Å²) >= 11 is 4.59. The molecular formula is C17H30S. The summed E-state index contributed by atoms with van der Waals surface area (Å²) in [6.45, 7) is 13.5. The lowest BCUT2D eigenvalue weighted by Crippen LogP contribution is -2.34. The minimum atomic E-state index is 0.353. The normalized spacial score (nSPS) is 39.6. The molecule has 0 aromatic carbocycles. The van der Waals surface area contributed by atoms with Gasteiger partial charge >= 0.3 is 0 Å². The number of hydrogen-bond donors (Lipinski definition) is 1. The molecule has 4 unspecified atom stereocenters. The second-order valence-corrected chi connectivity index (χ2v) is 6.53. The maximum atomic E-state index is 4.59. The lowest BCUT2D eigenvalue weighted by Gasteiger charge is -2.42. The van der Waals surface area contributed by atoms with Crippen LogP contribution in [-0.2, 0) is 0 Å². The van der Waals surface area contributed by atoms with E-state index in [4.69, 9.17) is 0 Å². The van der Waals surface area contributed by atoms with Gasteiger partial charge in [0.25, 0.3) is 0 Å². The summed E-state index contributed by atoms with van der Waals surface area (Å²) in [4.78, 5) is 1.20. The molecule has 0 aromatic heterocycles. The molecule has 1 saturated carbocycles. The average Bonchev–Trinajstić information content (AvgIpc) is 2.45. The van der Waals surface area contributed by atoms with Gasteiger partial charge in [-0.15, -0.1) is 12.6 Å². The molecule has 1 heteroatoms. The van der Waals surface area contributed by atoms with Crippen molar-refractivity contribution < 1.29 is 0 Å². The fraction of sp³-hybridized carbons (Fsp3) is 0.765. The second-order valence-electron chi connectivity index (χ2n) is 6.05. The standard InChI is InChI=1S/C15H24S.C2H6/c1-10-6-5-7-13-8-14(16)11(2)9-15(13,4)12(10)3;1-2/h8-10,12-13,16H,5-7H2,1-4H3;1-2H3. The quantitative estimate of drug-likeness (QED) is 0.521. The smallest absolute Gasteiger partial charge is 0.00294 e. The molecule has 4 atom stereocenters. The van der Waals surface area contributed by atoms with Crippen LogP contribution >= 0.6 is 12.6 Å². The van der Waals surface area contributed by atoms with Gasteiger partial charge in [-0.3, -0.25) is 0 Å². The third-order valence-corrected chi connectivity index (χ3v) is 5.60. The van der Waals surface area contributed by atoms with E-state index < -0.39 is 0 Å². The average molecular weight is 266 g/mol. The molecule has 0 aliphatic heterocycles. The van der Waals surface area contributed by atoms with Crippen molar-refractivity contribution in [3.63, 3.8) is 0 Å². The Labute approximate surface area is 119 Å². The van der Waals surface area contributed by atoms with Gasteiger partial charge in [-0.1, -0.05) is 59.6 Å². The Kier molecular flexibility index (Phi) is 5.58. The van der Waals surface area contributed by atoms with Gasteiger partial charge in [-0.25, -0.2) is 0 Å². The fourth-order valence-corrected chi connectivity index (χ4v) is 3.78. The molecule has 0 bridgehead atoms. The lowest BCUT2D eigenvalue weighted by atomic mass is 9.63. The van der Waals surface area contributed by atoms with E-state index in [-0.39, 0.29) is 0 Å². The first-order valence-electron chi connectivity index (χ1n) is 7.55. The van der Waals surface area contributed by atoms with Crippen LogP contribution in [0, 0.1) is 23.2 Å². The van der Waals surface area contributed by atoms with E-state index in [0.717, 1.165) is 11.8 Å². The third-order valence-electron chi connectivity index (χ3n) is 5.10. The molecule has 1 fully saturated rings. The van der Waals surface area contributed by atoms with E-state index in [1.54, 1.807) is 0 Å². The summed E-state index contributed by atoms with van der Waals surface area (Å²) in [5, 5.41) is 0. The Balaban J connectivity index is 0.000000771. The van der Waals surface area contributed by atoms with Crippen LogP contribution in [0.15, 0.2) is 22.6 Å². The zero-order valence-corrected chi connectivity index (χ0v) is 13.8. The van der Waals surface area contributed by atoms with Crippen molar-refractivity contribution in [3.05, 3.63) is 22.6 Å². The molecule has 0 saturated heterocycles. The predicted molar refractivity (Wildman–Crippen MR) is 86.0 cm³/mol. The van der Waals surface area contributed by atoms with Crippen LogP contribution in [0.1, 0.15) is 60.8 Å². The maximum Gasteiger partial charge on any atom is 0.00294 e. The molecule has 0 heterocycles. The van der Waals surface area contributed by atoms with Gasteiger partial charge in [-0.2, -0.15) is 0 Å². The van der Waals surface area contributed by atoms with Crippen LogP contribution in [-0.4, -0.2) is 0 Å². The van der Waals surface area contributed by atoms with Crippen molar-refractivity contribution in [2.24, 2.45) is 23.2 Å². The maximum absolute atomic E-state index is 4.59. The topological polar surface area (TPSA) is 0 Å². The number of thiol groups is 1. The van der Waals surface area contributed by atoms with Crippen molar-refractivity contribution >= 4 is 12.6 Å². The Morgan fingerprint density at radius 2 is 1.83 bits per heavy atom. The van der Waals surface area contributed by atoms with Crippen molar-refractivity contribution in [2.75, 3.05) is 0 Å². The first-order valence-corrected chi connectivity index (χ1v) is 8.00. The van der Waals surface area contributed by atoms with Gasteiger partial charge in [0.15, 0.2) is 0 Å². The second kappa shape index (κ2) is 6.32. The Hall–Kier alpha value is -0.170. The van der Waals surface area contributed by atoms with Crippen molar-refractivity contribution in [1.29, 1.82) is 0 Å². The zero-order valence-electron chi connectivity index (χ0n) is 13.0. The Morgan fingerprint density at radius 3 is 2.44 bits per heavy atom. The van der Waals surface area contributed by atoms with E-state index in [1.807, 2.05) is 13.8 Å². The largest absolute Gasteiger partial charge is 0.143 e. The highest BCUT2D eigenvalue weighted by atomic mass is 32.1. The predicted octanol–water partition coefficient (Wildman–Crippen LogP) is 5.86. The van der Waals surface area contributed by atoms with Crippen LogP contribution in [0.4, 0.5) is 0 Å². The van der Waals surface area contributed by atoms with Crippen LogP contribution < -0.4 is 0 Å². The Bertz CT molecular complexity index is 340. The van der Waals surface area contributed by atoms with Crippen LogP contribution in [0.25, 0.3) is 0 Å². The van der Waals surface area contributed by atoms with E-state index in [1.165, 1.54) is 29.7 Å². The van der Waals surface area contributed by atoms with Gasteiger partial charge < -0.3 is 0 Å². The molecule has 0 spiro atoms. The Morgan fingerprint density at radius 1 is 1.22 bits per heavy atom. The fourth-order valence-electron chi connectivity index (χ4n) is 3.54. The molecule has 104 valence electrons. The molecule has 2 aliphatic carbocycles. The molecule has 2 aliphatic rings. The van der Waals surface area contributed by atoms with Gasteiger partial charge in [0.05, 0.1) is 0 Å². The van der Waals surface area contributed by atoms with Gasteiger partial charge in [0, 0.05) is 4.91 Å².